The summed E-state index contributed by atoms with van der Waals surface area (Å²) >= 11 is 0. The molecule has 0 amide bonds. The van der Waals surface area contributed by atoms with Crippen molar-refractivity contribution < 1.29 is 4.42 Å². The van der Waals surface area contributed by atoms with Crippen LogP contribution in [-0.2, 0) is 0 Å². The van der Waals surface area contributed by atoms with E-state index >= 15 is 0 Å². The lowest BCUT2D eigenvalue weighted by molar-refractivity contribution is 0.670. The standard InChI is InChI=1S/C65H40N4O/c1-2-13-41(14-3-1)43-25-30-45(31-26-43)63-66-64(46-32-27-44(28-33-46)48-34-29-42-15-4-5-16-47(42)37-48)68-65(67-63)58-40-51(38-49-17-6-7-18-52(49)58)69-59-23-10-8-19-54(59)57-39-50(35-36-60(57)69)53-21-12-22-56-55-20-9-11-24-61(55)70-62(53)56/h1-40H. The molecule has 0 N–H and O–H groups in total. The molecule has 0 fully saturated rings. The number of nitrogens with zero attached hydrogens (tertiary/aromatic N) is 4. The van der Waals surface area contributed by atoms with Crippen molar-refractivity contribution >= 4 is 65.3 Å². The highest BCUT2D eigenvalue weighted by molar-refractivity contribution is 6.13. The summed E-state index contributed by atoms with van der Waals surface area (Å²) in [5, 5.41) is 9.15. The molecule has 5 nitrogen and oxygen atoms in total. The topological polar surface area (TPSA) is 56.7 Å². The molecule has 0 atom stereocenters. The molecule has 0 spiro atoms. The van der Waals surface area contributed by atoms with Gasteiger partial charge in [0, 0.05) is 49.5 Å². The molecular weight excluding hydrogens is 853 g/mol. The molecule has 0 bridgehead atoms. The molecule has 0 aliphatic carbocycles. The van der Waals surface area contributed by atoms with E-state index in [0.29, 0.717) is 17.5 Å². The maximum atomic E-state index is 6.52. The number of hydrogen-bond donors (Lipinski definition) is 0. The fourth-order valence-corrected chi connectivity index (χ4v) is 10.4. The molecule has 3 heterocycles. The molecule has 70 heavy (non-hydrogen) atoms. The summed E-state index contributed by atoms with van der Waals surface area (Å²) in [5.74, 6) is 1.82. The first-order valence-electron chi connectivity index (χ1n) is 23.7. The van der Waals surface area contributed by atoms with Crippen molar-refractivity contribution in [3.63, 3.8) is 0 Å². The Balaban J connectivity index is 0.934. The van der Waals surface area contributed by atoms with Crippen molar-refractivity contribution in [3.8, 4) is 73.2 Å². The second kappa shape index (κ2) is 16.1. The summed E-state index contributed by atoms with van der Waals surface area (Å²) in [5.41, 5.74) is 14.5. The van der Waals surface area contributed by atoms with Crippen LogP contribution in [0.3, 0.4) is 0 Å². The summed E-state index contributed by atoms with van der Waals surface area (Å²) in [6.45, 7) is 0. The van der Waals surface area contributed by atoms with Gasteiger partial charge in [-0.3, -0.25) is 0 Å². The molecule has 0 saturated carbocycles. The lowest BCUT2D eigenvalue weighted by Crippen LogP contribution is -2.02. The van der Waals surface area contributed by atoms with E-state index in [1.54, 1.807) is 0 Å². The molecule has 0 aliphatic heterocycles. The van der Waals surface area contributed by atoms with E-state index in [0.717, 1.165) is 105 Å². The first kappa shape index (κ1) is 39.7. The van der Waals surface area contributed by atoms with E-state index in [1.807, 2.05) is 18.2 Å². The summed E-state index contributed by atoms with van der Waals surface area (Å²) < 4.78 is 8.90. The van der Waals surface area contributed by atoms with Crippen molar-refractivity contribution in [3.05, 3.63) is 243 Å². The fourth-order valence-electron chi connectivity index (χ4n) is 10.4. The zero-order chi connectivity index (χ0) is 46.1. The van der Waals surface area contributed by atoms with Gasteiger partial charge in [-0.1, -0.05) is 200 Å². The summed E-state index contributed by atoms with van der Waals surface area (Å²) in [6, 6.07) is 85.9. The van der Waals surface area contributed by atoms with E-state index in [2.05, 4.69) is 229 Å². The molecule has 326 valence electrons. The van der Waals surface area contributed by atoms with Gasteiger partial charge in [0.05, 0.1) is 11.0 Å². The van der Waals surface area contributed by atoms with Gasteiger partial charge in [0.25, 0.3) is 0 Å². The molecule has 11 aromatic carbocycles. The summed E-state index contributed by atoms with van der Waals surface area (Å²) in [4.78, 5) is 15.9. The predicted octanol–water partition coefficient (Wildman–Crippen LogP) is 17.2. The number of hydrogen-bond acceptors (Lipinski definition) is 4. The largest absolute Gasteiger partial charge is 0.455 e. The highest BCUT2D eigenvalue weighted by Gasteiger charge is 2.20. The number of furan rings is 1. The zero-order valence-corrected chi connectivity index (χ0v) is 37.8. The smallest absolute Gasteiger partial charge is 0.164 e. The first-order valence-corrected chi connectivity index (χ1v) is 23.7. The van der Waals surface area contributed by atoms with Crippen molar-refractivity contribution in [2.45, 2.75) is 0 Å². The Labute approximate surface area is 403 Å². The van der Waals surface area contributed by atoms with Crippen LogP contribution in [0.25, 0.3) is 139 Å². The highest BCUT2D eigenvalue weighted by atomic mass is 16.3. The molecule has 3 aromatic heterocycles. The maximum absolute atomic E-state index is 6.52. The van der Waals surface area contributed by atoms with Crippen molar-refractivity contribution in [2.24, 2.45) is 0 Å². The van der Waals surface area contributed by atoms with E-state index in [9.17, 15) is 0 Å². The number of aromatic nitrogens is 4. The number of rotatable bonds is 7. The maximum Gasteiger partial charge on any atom is 0.164 e. The van der Waals surface area contributed by atoms with Crippen molar-refractivity contribution in [1.82, 2.24) is 19.5 Å². The van der Waals surface area contributed by atoms with Crippen LogP contribution in [0.5, 0.6) is 0 Å². The molecule has 0 aliphatic rings. The van der Waals surface area contributed by atoms with E-state index in [-0.39, 0.29) is 0 Å². The van der Waals surface area contributed by atoms with Crippen molar-refractivity contribution in [1.29, 1.82) is 0 Å². The third-order valence-electron chi connectivity index (χ3n) is 13.8. The van der Waals surface area contributed by atoms with E-state index in [1.165, 1.54) is 16.2 Å². The molecule has 0 radical (unpaired) electrons. The molecule has 5 heteroatoms. The molecule has 14 aromatic rings. The Bertz CT molecular complexity index is 4340. The zero-order valence-electron chi connectivity index (χ0n) is 37.8. The van der Waals surface area contributed by atoms with E-state index in [4.69, 9.17) is 19.4 Å². The van der Waals surface area contributed by atoms with Crippen LogP contribution in [-0.4, -0.2) is 19.5 Å². The number of benzene rings is 11. The van der Waals surface area contributed by atoms with Gasteiger partial charge < -0.3 is 8.98 Å². The Morgan fingerprint density at radius 1 is 0.286 bits per heavy atom. The predicted molar refractivity (Wildman–Crippen MR) is 289 cm³/mol. The van der Waals surface area contributed by atoms with Gasteiger partial charge in [-0.2, -0.15) is 0 Å². The van der Waals surface area contributed by atoms with Crippen LogP contribution in [0.2, 0.25) is 0 Å². The SMILES string of the molecule is c1ccc(-c2ccc(-c3nc(-c4ccc(-c5ccc6ccccc6c5)cc4)nc(-c4cc(-n5c6ccccc6c6cc(-c7cccc8c7oc7ccccc78)ccc65)cc5ccccc45)n3)cc2)cc1. The van der Waals surface area contributed by atoms with E-state index < -0.39 is 0 Å². The fraction of sp³-hybridized carbons (Fsp3) is 0. The average Bonchev–Trinajstić information content (AvgIpc) is 3.98. The van der Waals surface area contributed by atoms with Crippen LogP contribution >= 0.6 is 0 Å². The third-order valence-corrected chi connectivity index (χ3v) is 13.8. The second-order valence-electron chi connectivity index (χ2n) is 18.0. The molecular formula is C65H40N4O. The van der Waals surface area contributed by atoms with Gasteiger partial charge in [-0.15, -0.1) is 0 Å². The Morgan fingerprint density at radius 3 is 1.63 bits per heavy atom. The Kier molecular flexibility index (Phi) is 9.14. The Hall–Kier alpha value is -9.45. The summed E-state index contributed by atoms with van der Waals surface area (Å²) in [6.07, 6.45) is 0. The average molecular weight is 893 g/mol. The monoisotopic (exact) mass is 892 g/mol. The molecule has 14 rings (SSSR count). The normalized spacial score (nSPS) is 11.7. The van der Waals surface area contributed by atoms with Crippen LogP contribution in [0, 0.1) is 0 Å². The van der Waals surface area contributed by atoms with Crippen LogP contribution in [0.15, 0.2) is 247 Å². The number of fused-ring (bicyclic) bond motifs is 8. The Morgan fingerprint density at radius 2 is 0.843 bits per heavy atom. The molecule has 0 unspecified atom stereocenters. The van der Waals surface area contributed by atoms with Gasteiger partial charge >= 0.3 is 0 Å². The van der Waals surface area contributed by atoms with Gasteiger partial charge in [-0.05, 0) is 91.8 Å². The minimum Gasteiger partial charge on any atom is -0.455 e. The van der Waals surface area contributed by atoms with Gasteiger partial charge in [-0.25, -0.2) is 15.0 Å². The van der Waals surface area contributed by atoms with Gasteiger partial charge in [0.15, 0.2) is 17.5 Å². The van der Waals surface area contributed by atoms with Crippen LogP contribution < -0.4 is 0 Å². The first-order chi connectivity index (χ1) is 34.7. The quantitative estimate of drug-likeness (QED) is 0.160. The minimum atomic E-state index is 0.603. The highest BCUT2D eigenvalue weighted by Crippen LogP contribution is 2.41. The lowest BCUT2D eigenvalue weighted by atomic mass is 10.00. The van der Waals surface area contributed by atoms with Crippen LogP contribution in [0.4, 0.5) is 0 Å². The third kappa shape index (κ3) is 6.67. The van der Waals surface area contributed by atoms with Gasteiger partial charge in [0.1, 0.15) is 11.2 Å². The summed E-state index contributed by atoms with van der Waals surface area (Å²) in [7, 11) is 0. The minimum absolute atomic E-state index is 0.603. The number of para-hydroxylation sites is 3. The second-order valence-corrected chi connectivity index (χ2v) is 18.0. The van der Waals surface area contributed by atoms with Crippen molar-refractivity contribution in [2.75, 3.05) is 0 Å². The van der Waals surface area contributed by atoms with Crippen LogP contribution in [0.1, 0.15) is 0 Å². The lowest BCUT2D eigenvalue weighted by Gasteiger charge is -2.15. The molecule has 0 saturated heterocycles. The van der Waals surface area contributed by atoms with Gasteiger partial charge in [0.2, 0.25) is 0 Å².